The van der Waals surface area contributed by atoms with Gasteiger partial charge in [-0.05, 0) is 42.3 Å². The smallest absolute Gasteiger partial charge is 0.255 e. The van der Waals surface area contributed by atoms with E-state index < -0.39 is 5.41 Å². The van der Waals surface area contributed by atoms with Crippen LogP contribution < -0.4 is 5.32 Å². The van der Waals surface area contributed by atoms with Crippen molar-refractivity contribution in [2.45, 2.75) is 34.6 Å². The molecule has 3 rings (SSSR count). The van der Waals surface area contributed by atoms with E-state index in [1.165, 1.54) is 0 Å². The van der Waals surface area contributed by atoms with Gasteiger partial charge in [0, 0.05) is 16.7 Å². The quantitative estimate of drug-likeness (QED) is 0.551. The third kappa shape index (κ3) is 4.55. The minimum absolute atomic E-state index is 0.210. The van der Waals surface area contributed by atoms with Gasteiger partial charge in [0.25, 0.3) is 5.91 Å². The Morgan fingerprint density at radius 1 is 0.862 bits per heavy atom. The number of aryl methyl sites for hydroxylation is 2. The average Bonchev–Trinajstić information content (AvgIpc) is 2.65. The summed E-state index contributed by atoms with van der Waals surface area (Å²) in [6, 6.07) is 22.0. The van der Waals surface area contributed by atoms with Gasteiger partial charge in [0.15, 0.2) is 0 Å². The molecule has 0 atom stereocenters. The lowest BCUT2D eigenvalue weighted by atomic mass is 9.86. The highest BCUT2D eigenvalue weighted by Gasteiger charge is 2.25. The molecule has 0 unspecified atom stereocenters. The van der Waals surface area contributed by atoms with E-state index in [2.05, 4.69) is 17.5 Å². The molecule has 0 heterocycles. The maximum atomic E-state index is 13.1. The van der Waals surface area contributed by atoms with E-state index in [0.29, 0.717) is 16.8 Å². The van der Waals surface area contributed by atoms with Gasteiger partial charge in [0.2, 0.25) is 0 Å². The molecular weight excluding hydrogens is 356 g/mol. The lowest BCUT2D eigenvalue weighted by Gasteiger charge is -2.26. The summed E-state index contributed by atoms with van der Waals surface area (Å²) in [4.78, 5) is 13.1. The third-order valence-corrected chi connectivity index (χ3v) is 4.87. The molecule has 0 saturated carbocycles. The van der Waals surface area contributed by atoms with Gasteiger partial charge in [-0.15, -0.1) is 0 Å². The van der Waals surface area contributed by atoms with Gasteiger partial charge < -0.3 is 5.32 Å². The highest BCUT2D eigenvalue weighted by Crippen LogP contribution is 2.31. The van der Waals surface area contributed by atoms with E-state index in [9.17, 15) is 10.1 Å². The topological polar surface area (TPSA) is 52.9 Å². The number of nitrogens with one attached hydrogen (secondary N) is 1. The van der Waals surface area contributed by atoms with Gasteiger partial charge in [-0.1, -0.05) is 80.4 Å². The van der Waals surface area contributed by atoms with Gasteiger partial charge in [-0.25, -0.2) is 0 Å². The van der Waals surface area contributed by atoms with E-state index >= 15 is 0 Å². The fourth-order valence-electron chi connectivity index (χ4n) is 3.53. The first-order chi connectivity index (χ1) is 13.7. The lowest BCUT2D eigenvalue weighted by Crippen LogP contribution is -2.31. The minimum atomic E-state index is -0.408. The second-order valence-electron chi connectivity index (χ2n) is 8.50. The zero-order chi connectivity index (χ0) is 21.2. The molecule has 0 aliphatic carbocycles. The van der Waals surface area contributed by atoms with Gasteiger partial charge in [0.1, 0.15) is 6.07 Å². The Hall–Kier alpha value is -3.38. The van der Waals surface area contributed by atoms with Crippen LogP contribution in [-0.4, -0.2) is 5.91 Å². The summed E-state index contributed by atoms with van der Waals surface area (Å²) in [5, 5.41) is 15.1. The van der Waals surface area contributed by atoms with Gasteiger partial charge in [0.05, 0.1) is 5.57 Å². The molecule has 1 N–H and O–H groups in total. The summed E-state index contributed by atoms with van der Waals surface area (Å²) < 4.78 is 0. The number of amides is 1. The van der Waals surface area contributed by atoms with Crippen LogP contribution in [0.4, 0.5) is 0 Å². The molecule has 0 radical (unpaired) electrons. The summed E-state index contributed by atoms with van der Waals surface area (Å²) in [5.41, 5.74) is 4.29. The maximum absolute atomic E-state index is 13.1. The fourth-order valence-corrected chi connectivity index (χ4v) is 3.53. The second kappa shape index (κ2) is 7.93. The Bertz CT molecular complexity index is 1140. The lowest BCUT2D eigenvalue weighted by molar-refractivity contribution is 0.0958. The van der Waals surface area contributed by atoms with E-state index in [1.807, 2.05) is 89.2 Å². The number of nitrogens with zero attached hydrogens (tertiary/aromatic N) is 1. The number of hydrogen-bond donors (Lipinski definition) is 1. The first-order valence-corrected chi connectivity index (χ1v) is 9.73. The standard InChI is InChI=1S/C26H26N2O/c1-17-12-18(2)14-22(13-17)23(16-27)24(26(3,4)5)28-25(29)21-11-10-19-8-6-7-9-20(19)15-21/h6-15H,1-5H3,(H,28,29)/b24-23-. The predicted molar refractivity (Wildman–Crippen MR) is 119 cm³/mol. The van der Waals surface area contributed by atoms with Crippen LogP contribution in [0.1, 0.15) is 47.8 Å². The van der Waals surface area contributed by atoms with Crippen LogP contribution in [0.15, 0.2) is 66.4 Å². The molecule has 0 bridgehead atoms. The molecule has 0 fully saturated rings. The van der Waals surface area contributed by atoms with E-state index in [4.69, 9.17) is 0 Å². The first kappa shape index (κ1) is 20.4. The summed E-state index contributed by atoms with van der Waals surface area (Å²) in [5.74, 6) is -0.210. The van der Waals surface area contributed by atoms with Crippen molar-refractivity contribution in [1.82, 2.24) is 5.32 Å². The number of benzene rings is 3. The van der Waals surface area contributed by atoms with Crippen molar-refractivity contribution >= 4 is 22.3 Å². The largest absolute Gasteiger partial charge is 0.324 e. The van der Waals surface area contributed by atoms with Crippen LogP contribution in [0.3, 0.4) is 0 Å². The van der Waals surface area contributed by atoms with Crippen LogP contribution in [0.25, 0.3) is 16.3 Å². The van der Waals surface area contributed by atoms with E-state index in [-0.39, 0.29) is 5.91 Å². The molecule has 146 valence electrons. The van der Waals surface area contributed by atoms with Crippen molar-refractivity contribution in [3.8, 4) is 6.07 Å². The van der Waals surface area contributed by atoms with E-state index in [1.54, 1.807) is 0 Å². The molecule has 0 saturated heterocycles. The molecule has 0 spiro atoms. The Kier molecular flexibility index (Phi) is 5.57. The third-order valence-electron chi connectivity index (χ3n) is 4.87. The van der Waals surface area contributed by atoms with Gasteiger partial charge in [-0.3, -0.25) is 4.79 Å². The summed E-state index contributed by atoms with van der Waals surface area (Å²) in [6.07, 6.45) is 0. The number of allylic oxidation sites excluding steroid dienone is 2. The normalized spacial score (nSPS) is 12.3. The van der Waals surface area contributed by atoms with Crippen molar-refractivity contribution in [3.63, 3.8) is 0 Å². The molecular formula is C26H26N2O. The van der Waals surface area contributed by atoms with Gasteiger partial charge in [-0.2, -0.15) is 5.26 Å². The Labute approximate surface area is 172 Å². The molecule has 0 aromatic heterocycles. The Morgan fingerprint density at radius 2 is 1.48 bits per heavy atom. The predicted octanol–water partition coefficient (Wildman–Crippen LogP) is 6.17. The summed E-state index contributed by atoms with van der Waals surface area (Å²) >= 11 is 0. The van der Waals surface area contributed by atoms with Crippen molar-refractivity contribution in [1.29, 1.82) is 5.26 Å². The SMILES string of the molecule is Cc1cc(C)cc(/C(C#N)=C(\NC(=O)c2ccc3ccccc3c2)C(C)(C)C)c1. The molecule has 0 aliphatic heterocycles. The monoisotopic (exact) mass is 382 g/mol. The molecule has 0 aliphatic rings. The second-order valence-corrected chi connectivity index (χ2v) is 8.50. The number of carbonyl (C=O) groups is 1. The highest BCUT2D eigenvalue weighted by molar-refractivity contribution is 6.00. The summed E-state index contributed by atoms with van der Waals surface area (Å²) in [7, 11) is 0. The molecule has 3 aromatic carbocycles. The molecule has 1 amide bonds. The number of nitriles is 1. The molecule has 3 nitrogen and oxygen atoms in total. The average molecular weight is 383 g/mol. The van der Waals surface area contributed by atoms with E-state index in [0.717, 1.165) is 27.5 Å². The summed E-state index contributed by atoms with van der Waals surface area (Å²) in [6.45, 7) is 10.0. The first-order valence-electron chi connectivity index (χ1n) is 9.73. The zero-order valence-electron chi connectivity index (χ0n) is 17.6. The van der Waals surface area contributed by atoms with Crippen LogP contribution >= 0.6 is 0 Å². The van der Waals surface area contributed by atoms with Gasteiger partial charge >= 0.3 is 0 Å². The highest BCUT2D eigenvalue weighted by atomic mass is 16.1. The number of rotatable bonds is 3. The molecule has 3 heteroatoms. The zero-order valence-corrected chi connectivity index (χ0v) is 17.6. The Balaban J connectivity index is 2.07. The van der Waals surface area contributed by atoms with Crippen LogP contribution in [0.2, 0.25) is 0 Å². The van der Waals surface area contributed by atoms with Crippen molar-refractivity contribution in [3.05, 3.63) is 88.6 Å². The van der Waals surface area contributed by atoms with Crippen LogP contribution in [0.5, 0.6) is 0 Å². The fraction of sp³-hybridized carbons (Fsp3) is 0.231. The van der Waals surface area contributed by atoms with Crippen LogP contribution in [-0.2, 0) is 0 Å². The molecule has 3 aromatic rings. The minimum Gasteiger partial charge on any atom is -0.324 e. The van der Waals surface area contributed by atoms with Crippen molar-refractivity contribution in [2.24, 2.45) is 5.41 Å². The number of carbonyl (C=O) groups excluding carboxylic acids is 1. The van der Waals surface area contributed by atoms with Crippen molar-refractivity contribution < 1.29 is 4.79 Å². The molecule has 29 heavy (non-hydrogen) atoms. The Morgan fingerprint density at radius 3 is 2.07 bits per heavy atom. The number of fused-ring (bicyclic) bond motifs is 1. The maximum Gasteiger partial charge on any atom is 0.255 e. The van der Waals surface area contributed by atoms with Crippen LogP contribution in [0, 0.1) is 30.6 Å². The van der Waals surface area contributed by atoms with Crippen molar-refractivity contribution in [2.75, 3.05) is 0 Å². The number of hydrogen-bond acceptors (Lipinski definition) is 2.